The van der Waals surface area contributed by atoms with E-state index in [1.807, 2.05) is 65.0 Å². The van der Waals surface area contributed by atoms with Gasteiger partial charge in [-0.25, -0.2) is 4.79 Å². The third-order valence-corrected chi connectivity index (χ3v) is 4.04. The van der Waals surface area contributed by atoms with Crippen LogP contribution in [-0.2, 0) is 20.8 Å². The molecule has 2 atom stereocenters. The van der Waals surface area contributed by atoms with Gasteiger partial charge in [0.2, 0.25) is 0 Å². The first-order chi connectivity index (χ1) is 11.6. The van der Waals surface area contributed by atoms with Crippen molar-refractivity contribution in [2.45, 2.75) is 65.6 Å². The quantitative estimate of drug-likeness (QED) is 0.799. The van der Waals surface area contributed by atoms with E-state index in [1.165, 1.54) is 0 Å². The van der Waals surface area contributed by atoms with Crippen molar-refractivity contribution in [3.63, 3.8) is 0 Å². The molecule has 0 bridgehead atoms. The topological polar surface area (TPSA) is 48.0 Å². The predicted molar refractivity (Wildman–Crippen MR) is 97.2 cm³/mol. The summed E-state index contributed by atoms with van der Waals surface area (Å²) in [5, 5.41) is 0. The van der Waals surface area contributed by atoms with E-state index in [0.717, 1.165) is 5.56 Å². The number of carbonyl (C=O) groups excluding carboxylic acids is 1. The summed E-state index contributed by atoms with van der Waals surface area (Å²) in [5.74, 6) is -0.423. The normalized spacial score (nSPS) is 21.0. The van der Waals surface area contributed by atoms with Gasteiger partial charge < -0.3 is 19.1 Å². The van der Waals surface area contributed by atoms with Crippen LogP contribution < -0.4 is 0 Å². The highest BCUT2D eigenvalue weighted by molar-refractivity contribution is 5.68. The highest BCUT2D eigenvalue weighted by Gasteiger charge is 2.37. The van der Waals surface area contributed by atoms with E-state index in [9.17, 15) is 4.79 Å². The number of carbonyl (C=O) groups is 1. The van der Waals surface area contributed by atoms with E-state index in [1.54, 1.807) is 4.90 Å². The van der Waals surface area contributed by atoms with Crippen molar-refractivity contribution < 1.29 is 19.0 Å². The fraction of sp³-hybridized carbons (Fsp3) is 0.650. The van der Waals surface area contributed by atoms with Gasteiger partial charge in [0.15, 0.2) is 5.79 Å². The Balaban J connectivity index is 2.06. The van der Waals surface area contributed by atoms with Crippen LogP contribution in [0.1, 0.15) is 47.1 Å². The number of benzene rings is 1. The first-order valence-electron chi connectivity index (χ1n) is 8.89. The molecule has 1 aliphatic rings. The van der Waals surface area contributed by atoms with Crippen molar-refractivity contribution in [1.82, 2.24) is 4.90 Å². The molecule has 5 heteroatoms. The van der Waals surface area contributed by atoms with Gasteiger partial charge in [-0.3, -0.25) is 0 Å². The third kappa shape index (κ3) is 6.33. The van der Waals surface area contributed by atoms with Gasteiger partial charge in [0.05, 0.1) is 12.7 Å². The summed E-state index contributed by atoms with van der Waals surface area (Å²) in [7, 11) is 0. The molecule has 1 heterocycles. The van der Waals surface area contributed by atoms with Crippen LogP contribution >= 0.6 is 0 Å². The monoisotopic (exact) mass is 349 g/mol. The van der Waals surface area contributed by atoms with Crippen molar-refractivity contribution in [2.75, 3.05) is 13.2 Å². The second-order valence-electron chi connectivity index (χ2n) is 8.19. The molecule has 1 saturated heterocycles. The van der Waals surface area contributed by atoms with Crippen molar-refractivity contribution >= 4 is 6.09 Å². The van der Waals surface area contributed by atoms with E-state index in [2.05, 4.69) is 6.92 Å². The van der Waals surface area contributed by atoms with Crippen LogP contribution in [0.5, 0.6) is 0 Å². The maximum atomic E-state index is 12.7. The van der Waals surface area contributed by atoms with Gasteiger partial charge in [-0.1, -0.05) is 37.3 Å². The zero-order valence-electron chi connectivity index (χ0n) is 16.2. The van der Waals surface area contributed by atoms with Gasteiger partial charge in [-0.05, 0) is 40.2 Å². The molecule has 0 N–H and O–H groups in total. The van der Waals surface area contributed by atoms with E-state index in [-0.39, 0.29) is 18.1 Å². The highest BCUT2D eigenvalue weighted by atomic mass is 16.7. The smallest absolute Gasteiger partial charge is 0.410 e. The SMILES string of the molecule is CC(CN(Cc1ccccc1)C(=O)OC(C)(C)C)C1COC(C)(C)O1. The van der Waals surface area contributed by atoms with Crippen LogP contribution in [0.2, 0.25) is 0 Å². The van der Waals surface area contributed by atoms with Gasteiger partial charge >= 0.3 is 6.09 Å². The second-order valence-corrected chi connectivity index (χ2v) is 8.19. The van der Waals surface area contributed by atoms with Gasteiger partial charge in [0, 0.05) is 19.0 Å². The number of hydrogen-bond donors (Lipinski definition) is 0. The van der Waals surface area contributed by atoms with Gasteiger partial charge in [0.1, 0.15) is 5.60 Å². The van der Waals surface area contributed by atoms with Gasteiger partial charge in [0.25, 0.3) is 0 Å². The number of nitrogens with zero attached hydrogens (tertiary/aromatic N) is 1. The summed E-state index contributed by atoms with van der Waals surface area (Å²) in [6.07, 6.45) is -0.336. The molecular formula is C20H31NO4. The van der Waals surface area contributed by atoms with E-state index in [4.69, 9.17) is 14.2 Å². The molecule has 0 radical (unpaired) electrons. The van der Waals surface area contributed by atoms with Crippen LogP contribution in [0.25, 0.3) is 0 Å². The number of ether oxygens (including phenoxy) is 3. The predicted octanol–water partition coefficient (Wildman–Crippen LogP) is 4.21. The fourth-order valence-electron chi connectivity index (χ4n) is 2.79. The Morgan fingerprint density at radius 3 is 2.48 bits per heavy atom. The lowest BCUT2D eigenvalue weighted by atomic mass is 10.0. The summed E-state index contributed by atoms with van der Waals surface area (Å²) < 4.78 is 17.2. The minimum Gasteiger partial charge on any atom is -0.444 e. The van der Waals surface area contributed by atoms with Crippen LogP contribution in [-0.4, -0.2) is 41.6 Å². The van der Waals surface area contributed by atoms with Crippen molar-refractivity contribution in [1.29, 1.82) is 0 Å². The lowest BCUT2D eigenvalue weighted by Gasteiger charge is -2.31. The maximum Gasteiger partial charge on any atom is 0.410 e. The molecule has 1 aromatic rings. The maximum absolute atomic E-state index is 12.7. The molecule has 140 valence electrons. The summed E-state index contributed by atoms with van der Waals surface area (Å²) in [6, 6.07) is 9.95. The molecular weight excluding hydrogens is 318 g/mol. The van der Waals surface area contributed by atoms with Gasteiger partial charge in [-0.15, -0.1) is 0 Å². The number of amides is 1. The molecule has 0 saturated carbocycles. The fourth-order valence-corrected chi connectivity index (χ4v) is 2.79. The molecule has 0 aliphatic carbocycles. The lowest BCUT2D eigenvalue weighted by molar-refractivity contribution is -0.144. The van der Waals surface area contributed by atoms with Crippen molar-refractivity contribution in [3.05, 3.63) is 35.9 Å². The zero-order valence-corrected chi connectivity index (χ0v) is 16.2. The summed E-state index contributed by atoms with van der Waals surface area (Å²) >= 11 is 0. The Labute approximate surface area is 151 Å². The standard InChI is InChI=1S/C20H31NO4/c1-15(17-14-23-20(5,6)24-17)12-21(18(22)25-19(2,3)4)13-16-10-8-7-9-11-16/h7-11,15,17H,12-14H2,1-6H3. The average molecular weight is 349 g/mol. The molecule has 0 aromatic heterocycles. The van der Waals surface area contributed by atoms with Crippen molar-refractivity contribution in [2.24, 2.45) is 5.92 Å². The third-order valence-electron chi connectivity index (χ3n) is 4.04. The molecule has 0 spiro atoms. The first kappa shape index (κ1) is 19.7. The van der Waals surface area contributed by atoms with Crippen LogP contribution in [0.4, 0.5) is 4.79 Å². The van der Waals surface area contributed by atoms with Crippen LogP contribution in [0, 0.1) is 5.92 Å². The highest BCUT2D eigenvalue weighted by Crippen LogP contribution is 2.27. The van der Waals surface area contributed by atoms with Crippen LogP contribution in [0.3, 0.4) is 0 Å². The summed E-state index contributed by atoms with van der Waals surface area (Å²) in [5.41, 5.74) is 0.550. The molecule has 2 unspecified atom stereocenters. The molecule has 1 aromatic carbocycles. The molecule has 1 amide bonds. The molecule has 2 rings (SSSR count). The average Bonchev–Trinajstić information content (AvgIpc) is 2.86. The van der Waals surface area contributed by atoms with E-state index >= 15 is 0 Å². The van der Waals surface area contributed by atoms with Gasteiger partial charge in [-0.2, -0.15) is 0 Å². The molecule has 5 nitrogen and oxygen atoms in total. The lowest BCUT2D eigenvalue weighted by Crippen LogP contribution is -2.41. The molecule has 1 aliphatic heterocycles. The first-order valence-corrected chi connectivity index (χ1v) is 8.89. The Kier molecular flexibility index (Phi) is 6.12. The summed E-state index contributed by atoms with van der Waals surface area (Å²) in [4.78, 5) is 14.4. The van der Waals surface area contributed by atoms with Crippen molar-refractivity contribution in [3.8, 4) is 0 Å². The minimum absolute atomic E-state index is 0.0317. The molecule has 1 fully saturated rings. The Morgan fingerprint density at radius 2 is 1.96 bits per heavy atom. The Bertz CT molecular complexity index is 565. The number of rotatable bonds is 5. The number of hydrogen-bond acceptors (Lipinski definition) is 4. The molecule has 25 heavy (non-hydrogen) atoms. The zero-order chi connectivity index (χ0) is 18.7. The summed E-state index contributed by atoms with van der Waals surface area (Å²) in [6.45, 7) is 13.2. The Morgan fingerprint density at radius 1 is 1.32 bits per heavy atom. The minimum atomic E-state index is -0.560. The largest absolute Gasteiger partial charge is 0.444 e. The second kappa shape index (κ2) is 7.75. The van der Waals surface area contributed by atoms with E-state index < -0.39 is 11.4 Å². The van der Waals surface area contributed by atoms with E-state index in [0.29, 0.717) is 19.7 Å². The van der Waals surface area contributed by atoms with Crippen LogP contribution in [0.15, 0.2) is 30.3 Å². The Hall–Kier alpha value is -1.59.